The van der Waals surface area contributed by atoms with Crippen molar-refractivity contribution in [1.29, 1.82) is 5.26 Å². The number of hydrogen-bond acceptors (Lipinski definition) is 3. The molecule has 0 aliphatic rings. The van der Waals surface area contributed by atoms with Crippen LogP contribution in [0.2, 0.25) is 0 Å². The van der Waals surface area contributed by atoms with E-state index in [0.717, 1.165) is 26.9 Å². The van der Waals surface area contributed by atoms with Gasteiger partial charge >= 0.3 is 0 Å². The third kappa shape index (κ3) is 3.04. The Hall–Kier alpha value is -2.64. The number of nitrogen functional groups attached to an aromatic ring is 1. The zero-order chi connectivity index (χ0) is 17.3. The van der Waals surface area contributed by atoms with Gasteiger partial charge in [-0.25, -0.2) is 4.98 Å². The molecule has 3 nitrogen and oxygen atoms in total. The monoisotopic (exact) mass is 377 g/mol. The first kappa shape index (κ1) is 16.2. The minimum Gasteiger partial charge on any atom is -0.383 e. The molecule has 0 radical (unpaired) electrons. The van der Waals surface area contributed by atoms with E-state index in [0.29, 0.717) is 5.56 Å². The molecule has 0 bridgehead atoms. The Morgan fingerprint density at radius 3 is 2.25 bits per heavy atom. The summed E-state index contributed by atoms with van der Waals surface area (Å²) in [5.74, 6) is 0.256. The third-order valence-electron chi connectivity index (χ3n) is 4.12. The maximum absolute atomic E-state index is 9.48. The topological polar surface area (TPSA) is 62.7 Å². The second kappa shape index (κ2) is 6.46. The van der Waals surface area contributed by atoms with Gasteiger partial charge in [0.25, 0.3) is 0 Å². The fraction of sp³-hybridized carbons (Fsp3) is 0.100. The summed E-state index contributed by atoms with van der Waals surface area (Å²) in [7, 11) is 0. The summed E-state index contributed by atoms with van der Waals surface area (Å²) in [4.78, 5) is 4.43. The van der Waals surface area contributed by atoms with Crippen LogP contribution in [0, 0.1) is 25.2 Å². The summed E-state index contributed by atoms with van der Waals surface area (Å²) in [5.41, 5.74) is 12.4. The number of benzene rings is 2. The summed E-state index contributed by atoms with van der Waals surface area (Å²) in [6.45, 7) is 4.15. The highest BCUT2D eigenvalue weighted by atomic mass is 79.9. The van der Waals surface area contributed by atoms with Gasteiger partial charge in [0, 0.05) is 15.6 Å². The van der Waals surface area contributed by atoms with E-state index in [2.05, 4.69) is 53.0 Å². The smallest absolute Gasteiger partial charge is 0.142 e. The fourth-order valence-electron chi connectivity index (χ4n) is 2.59. The van der Waals surface area contributed by atoms with Crippen LogP contribution < -0.4 is 5.73 Å². The summed E-state index contributed by atoms with van der Waals surface area (Å²) in [6.07, 6.45) is 0. The molecule has 0 spiro atoms. The van der Waals surface area contributed by atoms with E-state index in [9.17, 15) is 5.26 Å². The summed E-state index contributed by atoms with van der Waals surface area (Å²) < 4.78 is 0.987. The van der Waals surface area contributed by atoms with Gasteiger partial charge in [0.15, 0.2) is 0 Å². The van der Waals surface area contributed by atoms with Crippen LogP contribution in [-0.2, 0) is 0 Å². The molecule has 0 aliphatic carbocycles. The highest BCUT2D eigenvalue weighted by Gasteiger charge is 2.13. The third-order valence-corrected chi connectivity index (χ3v) is 4.65. The molecule has 0 saturated heterocycles. The lowest BCUT2D eigenvalue weighted by Crippen LogP contribution is -2.00. The van der Waals surface area contributed by atoms with E-state index in [-0.39, 0.29) is 5.82 Å². The average molecular weight is 378 g/mol. The lowest BCUT2D eigenvalue weighted by molar-refractivity contribution is 1.29. The zero-order valence-electron chi connectivity index (χ0n) is 13.5. The van der Waals surface area contributed by atoms with Gasteiger partial charge in [0.05, 0.1) is 5.69 Å². The number of aryl methyl sites for hydroxylation is 2. The maximum Gasteiger partial charge on any atom is 0.142 e. The Morgan fingerprint density at radius 1 is 0.958 bits per heavy atom. The maximum atomic E-state index is 9.48. The van der Waals surface area contributed by atoms with Crippen LogP contribution in [-0.4, -0.2) is 4.98 Å². The molecule has 3 aromatic rings. The number of pyridine rings is 1. The van der Waals surface area contributed by atoms with Gasteiger partial charge in [-0.05, 0) is 54.8 Å². The number of rotatable bonds is 2. The van der Waals surface area contributed by atoms with Gasteiger partial charge in [-0.2, -0.15) is 5.26 Å². The van der Waals surface area contributed by atoms with Crippen molar-refractivity contribution in [2.24, 2.45) is 0 Å². The first-order valence-electron chi connectivity index (χ1n) is 7.54. The summed E-state index contributed by atoms with van der Waals surface area (Å²) in [6, 6.07) is 18.1. The zero-order valence-corrected chi connectivity index (χ0v) is 15.1. The van der Waals surface area contributed by atoms with Crippen molar-refractivity contribution in [2.75, 3.05) is 5.73 Å². The van der Waals surface area contributed by atoms with Crippen molar-refractivity contribution in [2.45, 2.75) is 13.8 Å². The molecule has 1 aromatic heterocycles. The van der Waals surface area contributed by atoms with Crippen molar-refractivity contribution in [3.63, 3.8) is 0 Å². The average Bonchev–Trinajstić information content (AvgIpc) is 2.57. The number of nitriles is 1. The van der Waals surface area contributed by atoms with Crippen molar-refractivity contribution in [3.05, 3.63) is 69.7 Å². The fourth-order valence-corrected chi connectivity index (χ4v) is 2.85. The number of hydrogen-bond donors (Lipinski definition) is 1. The summed E-state index contributed by atoms with van der Waals surface area (Å²) in [5, 5.41) is 9.48. The highest BCUT2D eigenvalue weighted by molar-refractivity contribution is 9.10. The van der Waals surface area contributed by atoms with Gasteiger partial charge in [0.1, 0.15) is 17.5 Å². The van der Waals surface area contributed by atoms with Crippen LogP contribution in [0.25, 0.3) is 22.4 Å². The second-order valence-electron chi connectivity index (χ2n) is 5.73. The molecule has 4 heteroatoms. The first-order chi connectivity index (χ1) is 11.5. The van der Waals surface area contributed by atoms with Gasteiger partial charge in [0.2, 0.25) is 0 Å². The van der Waals surface area contributed by atoms with Crippen molar-refractivity contribution in [3.8, 4) is 28.5 Å². The Kier molecular flexibility index (Phi) is 4.37. The standard InChI is InChI=1S/C20H16BrN3/c1-12-3-4-15(9-13(12)2)19-10-17(18(11-22)20(23)24-19)14-5-7-16(21)8-6-14/h3-10H,1-2H3,(H2,23,24). The minimum absolute atomic E-state index is 0.256. The number of nitrogens with two attached hydrogens (primary N) is 1. The first-order valence-corrected chi connectivity index (χ1v) is 8.33. The molecule has 0 saturated carbocycles. The van der Waals surface area contributed by atoms with E-state index in [1.54, 1.807) is 0 Å². The van der Waals surface area contributed by atoms with Gasteiger partial charge < -0.3 is 5.73 Å². The van der Waals surface area contributed by atoms with E-state index < -0.39 is 0 Å². The van der Waals surface area contributed by atoms with Gasteiger partial charge in [-0.15, -0.1) is 0 Å². The van der Waals surface area contributed by atoms with E-state index in [1.807, 2.05) is 36.4 Å². The number of aromatic nitrogens is 1. The lowest BCUT2D eigenvalue weighted by atomic mass is 9.97. The van der Waals surface area contributed by atoms with E-state index in [1.165, 1.54) is 11.1 Å². The molecule has 0 atom stereocenters. The van der Waals surface area contributed by atoms with Crippen molar-refractivity contribution in [1.82, 2.24) is 4.98 Å². The number of halogens is 1. The predicted octanol–water partition coefficient (Wildman–Crippen LogP) is 5.25. The molecule has 2 aromatic carbocycles. The molecule has 0 aliphatic heterocycles. The molecule has 2 N–H and O–H groups in total. The second-order valence-corrected chi connectivity index (χ2v) is 6.65. The quantitative estimate of drug-likeness (QED) is 0.663. The molecule has 0 unspecified atom stereocenters. The Bertz CT molecular complexity index is 954. The van der Waals surface area contributed by atoms with Crippen LogP contribution in [0.1, 0.15) is 16.7 Å². The van der Waals surface area contributed by atoms with Crippen LogP contribution >= 0.6 is 15.9 Å². The molecule has 1 heterocycles. The van der Waals surface area contributed by atoms with Crippen LogP contribution in [0.5, 0.6) is 0 Å². The largest absolute Gasteiger partial charge is 0.383 e. The van der Waals surface area contributed by atoms with E-state index >= 15 is 0 Å². The van der Waals surface area contributed by atoms with Gasteiger partial charge in [-0.3, -0.25) is 0 Å². The van der Waals surface area contributed by atoms with Crippen molar-refractivity contribution < 1.29 is 0 Å². The number of nitrogens with zero attached hydrogens (tertiary/aromatic N) is 2. The Balaban J connectivity index is 2.21. The highest BCUT2D eigenvalue weighted by Crippen LogP contribution is 2.32. The van der Waals surface area contributed by atoms with Crippen LogP contribution in [0.3, 0.4) is 0 Å². The molecule has 118 valence electrons. The molecule has 0 amide bonds. The molecule has 24 heavy (non-hydrogen) atoms. The predicted molar refractivity (Wildman–Crippen MR) is 101 cm³/mol. The van der Waals surface area contributed by atoms with Crippen LogP contribution in [0.4, 0.5) is 5.82 Å². The SMILES string of the molecule is Cc1ccc(-c2cc(-c3ccc(Br)cc3)c(C#N)c(N)n2)cc1C. The summed E-state index contributed by atoms with van der Waals surface area (Å²) >= 11 is 3.43. The van der Waals surface area contributed by atoms with Gasteiger partial charge in [-0.1, -0.05) is 40.2 Å². The molecule has 0 fully saturated rings. The lowest BCUT2D eigenvalue weighted by Gasteiger charge is -2.11. The molecular formula is C20H16BrN3. The van der Waals surface area contributed by atoms with Crippen molar-refractivity contribution >= 4 is 21.7 Å². The number of anilines is 1. The Labute approximate surface area is 149 Å². The minimum atomic E-state index is 0.256. The normalized spacial score (nSPS) is 10.4. The molecule has 3 rings (SSSR count). The molecular weight excluding hydrogens is 362 g/mol. The Morgan fingerprint density at radius 2 is 1.62 bits per heavy atom. The van der Waals surface area contributed by atoms with E-state index in [4.69, 9.17) is 5.73 Å². The van der Waals surface area contributed by atoms with Crippen LogP contribution in [0.15, 0.2) is 53.0 Å².